The van der Waals surface area contributed by atoms with Crippen LogP contribution in [-0.2, 0) is 6.42 Å². The fourth-order valence-electron chi connectivity index (χ4n) is 2.61. The van der Waals surface area contributed by atoms with Gasteiger partial charge in [0.05, 0.1) is 29.1 Å². The molecule has 0 bridgehead atoms. The molecule has 1 aliphatic heterocycles. The van der Waals surface area contributed by atoms with Crippen molar-refractivity contribution in [3.63, 3.8) is 0 Å². The van der Waals surface area contributed by atoms with Gasteiger partial charge in [-0.2, -0.15) is 0 Å². The molecule has 16 heavy (non-hydrogen) atoms. The molecule has 1 aromatic heterocycles. The molecule has 0 amide bonds. The van der Waals surface area contributed by atoms with Crippen molar-refractivity contribution in [1.82, 2.24) is 0 Å². The van der Waals surface area contributed by atoms with Crippen molar-refractivity contribution in [1.29, 1.82) is 0 Å². The normalized spacial score (nSPS) is 19.1. The van der Waals surface area contributed by atoms with Crippen LogP contribution in [0.4, 0.5) is 0 Å². The zero-order valence-electron chi connectivity index (χ0n) is 9.49. The smallest absolute Gasteiger partial charge is 0.102 e. The van der Waals surface area contributed by atoms with Gasteiger partial charge in [0, 0.05) is 24.1 Å². The Labute approximate surface area is 115 Å². The summed E-state index contributed by atoms with van der Waals surface area (Å²) in [6.45, 7) is 5.02. The molecule has 1 aliphatic rings. The molecule has 0 saturated carbocycles. The molecule has 0 atom stereocenters. The molecule has 0 unspecified atom stereocenters. The van der Waals surface area contributed by atoms with Gasteiger partial charge in [-0.15, -0.1) is 11.3 Å². The van der Waals surface area contributed by atoms with E-state index in [1.165, 1.54) is 46.7 Å². The molecule has 4 heteroatoms. The Morgan fingerprint density at radius 1 is 1.25 bits per heavy atom. The zero-order valence-corrected chi connectivity index (χ0v) is 12.5. The summed E-state index contributed by atoms with van der Waals surface area (Å²) < 4.78 is 2.52. The average Bonchev–Trinajstić information content (AvgIpc) is 2.86. The third kappa shape index (κ3) is 3.18. The highest BCUT2D eigenvalue weighted by Gasteiger charge is 2.30. The molecule has 2 rings (SSSR count). The predicted octanol–water partition coefficient (Wildman–Crippen LogP) is 2.50. The summed E-state index contributed by atoms with van der Waals surface area (Å²) in [4.78, 5) is 1.49. The number of nitrogens with zero attached hydrogens (tertiary/aromatic N) is 1. The lowest BCUT2D eigenvalue weighted by molar-refractivity contribution is -0.916. The zero-order chi connectivity index (χ0) is 11.4. The van der Waals surface area contributed by atoms with E-state index in [9.17, 15) is 5.11 Å². The van der Waals surface area contributed by atoms with Gasteiger partial charge in [-0.25, -0.2) is 0 Å². The number of aliphatic hydroxyl groups excluding tert-OH is 1. The Morgan fingerprint density at radius 3 is 2.56 bits per heavy atom. The first-order valence-electron chi connectivity index (χ1n) is 5.94. The Hall–Kier alpha value is 0.350. The third-order valence-electron chi connectivity index (χ3n) is 3.55. The number of hydrogen-bond acceptors (Lipinski definition) is 2. The van der Waals surface area contributed by atoms with Crippen LogP contribution in [0, 0.1) is 2.88 Å². The number of hydrogen-bond donors (Lipinski definition) is 1. The van der Waals surface area contributed by atoms with Gasteiger partial charge in [-0.05, 0) is 34.7 Å². The van der Waals surface area contributed by atoms with Crippen LogP contribution in [0.25, 0.3) is 0 Å². The Kier molecular flexibility index (Phi) is 4.64. The first kappa shape index (κ1) is 12.8. The lowest BCUT2D eigenvalue weighted by Gasteiger charge is -2.33. The molecular formula is C12H19INOS+. The molecule has 1 fully saturated rings. The van der Waals surface area contributed by atoms with Crippen LogP contribution in [-0.4, -0.2) is 42.4 Å². The molecule has 1 saturated heterocycles. The lowest BCUT2D eigenvalue weighted by Crippen LogP contribution is -2.48. The minimum absolute atomic E-state index is 0.335. The highest BCUT2D eigenvalue weighted by molar-refractivity contribution is 14.1. The fraction of sp³-hybridized carbons (Fsp3) is 0.667. The number of likely N-dealkylation sites (tertiary alicyclic amines) is 1. The fourth-order valence-corrected chi connectivity index (χ4v) is 4.36. The quantitative estimate of drug-likeness (QED) is 0.638. The average molecular weight is 352 g/mol. The van der Waals surface area contributed by atoms with E-state index in [4.69, 9.17) is 0 Å². The standard InChI is InChI=1S/C12H19INOS/c13-12-4-3-11(16-12)5-8-14(9-10-15)6-1-2-7-14/h3-4,15H,1-2,5-10H2/q+1. The largest absolute Gasteiger partial charge is 0.391 e. The SMILES string of the molecule is OCC[N+]1(CCc2ccc(I)s2)CCCC1. The molecule has 90 valence electrons. The van der Waals surface area contributed by atoms with Crippen LogP contribution in [0.2, 0.25) is 0 Å². The van der Waals surface area contributed by atoms with Crippen LogP contribution in [0.15, 0.2) is 12.1 Å². The van der Waals surface area contributed by atoms with E-state index >= 15 is 0 Å². The molecule has 2 heterocycles. The second-order valence-electron chi connectivity index (χ2n) is 4.62. The van der Waals surface area contributed by atoms with Crippen molar-refractivity contribution < 1.29 is 9.59 Å². The van der Waals surface area contributed by atoms with E-state index in [2.05, 4.69) is 34.7 Å². The van der Waals surface area contributed by atoms with Gasteiger partial charge in [0.15, 0.2) is 0 Å². The summed E-state index contributed by atoms with van der Waals surface area (Å²) in [6, 6.07) is 4.44. The van der Waals surface area contributed by atoms with Crippen molar-refractivity contribution in [2.75, 3.05) is 32.8 Å². The van der Waals surface area contributed by atoms with E-state index in [0.717, 1.165) is 11.0 Å². The Balaban J connectivity index is 1.91. The monoisotopic (exact) mass is 352 g/mol. The second-order valence-corrected chi connectivity index (χ2v) is 7.69. The maximum atomic E-state index is 9.18. The minimum atomic E-state index is 0.335. The van der Waals surface area contributed by atoms with Gasteiger partial charge in [-0.3, -0.25) is 0 Å². The maximum absolute atomic E-state index is 9.18. The van der Waals surface area contributed by atoms with Crippen molar-refractivity contribution >= 4 is 33.9 Å². The van der Waals surface area contributed by atoms with Gasteiger partial charge in [-0.1, -0.05) is 0 Å². The molecule has 2 nitrogen and oxygen atoms in total. The molecular weight excluding hydrogens is 333 g/mol. The molecule has 0 radical (unpaired) electrons. The van der Waals surface area contributed by atoms with E-state index in [-0.39, 0.29) is 0 Å². The van der Waals surface area contributed by atoms with Gasteiger partial charge in [0.1, 0.15) is 6.54 Å². The Morgan fingerprint density at radius 2 is 2.00 bits per heavy atom. The van der Waals surface area contributed by atoms with Gasteiger partial charge < -0.3 is 9.59 Å². The van der Waals surface area contributed by atoms with Crippen LogP contribution >= 0.6 is 33.9 Å². The predicted molar refractivity (Wildman–Crippen MR) is 76.8 cm³/mol. The van der Waals surface area contributed by atoms with Crippen molar-refractivity contribution in [2.45, 2.75) is 19.3 Å². The summed E-state index contributed by atoms with van der Waals surface area (Å²) in [7, 11) is 0. The maximum Gasteiger partial charge on any atom is 0.102 e. The van der Waals surface area contributed by atoms with E-state index in [0.29, 0.717) is 6.61 Å². The van der Waals surface area contributed by atoms with Gasteiger partial charge >= 0.3 is 0 Å². The van der Waals surface area contributed by atoms with Gasteiger partial charge in [0.25, 0.3) is 0 Å². The van der Waals surface area contributed by atoms with E-state index in [1.54, 1.807) is 0 Å². The van der Waals surface area contributed by atoms with E-state index in [1.807, 2.05) is 11.3 Å². The number of aliphatic hydroxyl groups is 1. The number of quaternary nitrogens is 1. The number of thiophene rings is 1. The summed E-state index contributed by atoms with van der Waals surface area (Å²) >= 11 is 4.28. The summed E-state index contributed by atoms with van der Waals surface area (Å²) in [5, 5.41) is 9.18. The second kappa shape index (κ2) is 5.80. The summed E-state index contributed by atoms with van der Waals surface area (Å²) in [5.41, 5.74) is 0. The third-order valence-corrected chi connectivity index (χ3v) is 5.50. The molecule has 0 aromatic carbocycles. The summed E-state index contributed by atoms with van der Waals surface area (Å²) in [5.74, 6) is 0. The van der Waals surface area contributed by atoms with Gasteiger partial charge in [0.2, 0.25) is 0 Å². The summed E-state index contributed by atoms with van der Waals surface area (Å²) in [6.07, 6.45) is 3.84. The highest BCUT2D eigenvalue weighted by atomic mass is 127. The first-order chi connectivity index (χ1) is 7.74. The molecule has 1 N–H and O–H groups in total. The molecule has 0 aliphatic carbocycles. The van der Waals surface area contributed by atoms with Crippen molar-refractivity contribution in [3.8, 4) is 0 Å². The van der Waals surface area contributed by atoms with Crippen LogP contribution in [0.1, 0.15) is 17.7 Å². The minimum Gasteiger partial charge on any atom is -0.391 e. The number of halogens is 1. The molecule has 1 aromatic rings. The molecule has 0 spiro atoms. The van der Waals surface area contributed by atoms with Crippen molar-refractivity contribution in [3.05, 3.63) is 19.9 Å². The van der Waals surface area contributed by atoms with Crippen LogP contribution in [0.3, 0.4) is 0 Å². The number of rotatable bonds is 5. The van der Waals surface area contributed by atoms with Crippen LogP contribution in [0.5, 0.6) is 0 Å². The highest BCUT2D eigenvalue weighted by Crippen LogP contribution is 2.23. The first-order valence-corrected chi connectivity index (χ1v) is 7.84. The van der Waals surface area contributed by atoms with Crippen LogP contribution < -0.4 is 0 Å². The van der Waals surface area contributed by atoms with E-state index < -0.39 is 0 Å². The Bertz CT molecular complexity index is 334. The topological polar surface area (TPSA) is 20.2 Å². The lowest BCUT2D eigenvalue weighted by atomic mass is 10.3. The van der Waals surface area contributed by atoms with Crippen molar-refractivity contribution in [2.24, 2.45) is 0 Å².